The molecule has 1 amide bonds. The van der Waals surface area contributed by atoms with Gasteiger partial charge in [-0.1, -0.05) is 0 Å². The van der Waals surface area contributed by atoms with Crippen molar-refractivity contribution in [3.63, 3.8) is 0 Å². The molecule has 8 nitrogen and oxygen atoms in total. The molecule has 1 N–H and O–H groups in total. The molecular weight excluding hydrogens is 368 g/mol. The van der Waals surface area contributed by atoms with E-state index in [9.17, 15) is 9.59 Å². The van der Waals surface area contributed by atoms with Crippen molar-refractivity contribution >= 4 is 5.91 Å². The van der Waals surface area contributed by atoms with Crippen molar-refractivity contribution in [1.29, 1.82) is 0 Å². The lowest BCUT2D eigenvalue weighted by Gasteiger charge is -2.29. The van der Waals surface area contributed by atoms with E-state index in [1.54, 1.807) is 35.4 Å². The Labute approximate surface area is 168 Å². The molecule has 1 aliphatic carbocycles. The Balaban J connectivity index is 1.41. The average Bonchev–Trinajstić information content (AvgIpc) is 2.76. The number of hydrogen-bond acceptors (Lipinski definition) is 6. The summed E-state index contributed by atoms with van der Waals surface area (Å²) in [6.07, 6.45) is 9.61. The fourth-order valence-corrected chi connectivity index (χ4v) is 3.59. The second-order valence-electron chi connectivity index (χ2n) is 7.27. The summed E-state index contributed by atoms with van der Waals surface area (Å²) in [4.78, 5) is 37.1. The van der Waals surface area contributed by atoms with Crippen LogP contribution in [0.3, 0.4) is 0 Å². The molecule has 1 saturated carbocycles. The fraction of sp³-hybridized carbons (Fsp3) is 0.333. The van der Waals surface area contributed by atoms with Gasteiger partial charge < -0.3 is 5.32 Å². The lowest BCUT2D eigenvalue weighted by Crippen LogP contribution is -2.40. The average molecular weight is 390 g/mol. The van der Waals surface area contributed by atoms with Crippen LogP contribution in [0.5, 0.6) is 0 Å². The Kier molecular flexibility index (Phi) is 5.41. The molecule has 0 aromatic carbocycles. The predicted molar refractivity (Wildman–Crippen MR) is 107 cm³/mol. The van der Waals surface area contributed by atoms with E-state index in [0.717, 1.165) is 42.6 Å². The van der Waals surface area contributed by atoms with Crippen LogP contribution in [0, 0.1) is 6.92 Å². The van der Waals surface area contributed by atoms with Crippen LogP contribution in [0.25, 0.3) is 11.3 Å². The number of aryl methyl sites for hydroxylation is 1. The number of carbonyl (C=O) groups is 1. The first kappa shape index (κ1) is 18.9. The Morgan fingerprint density at radius 2 is 1.90 bits per heavy atom. The number of carbonyl (C=O) groups excluding carboxylic acids is 1. The Bertz CT molecular complexity index is 1040. The molecular formula is C21H22N6O2. The smallest absolute Gasteiger partial charge is 0.271 e. The summed E-state index contributed by atoms with van der Waals surface area (Å²) in [5.74, 6) is -0.213. The van der Waals surface area contributed by atoms with Gasteiger partial charge in [-0.3, -0.25) is 19.6 Å². The maximum Gasteiger partial charge on any atom is 0.271 e. The fourth-order valence-electron chi connectivity index (χ4n) is 3.59. The first-order chi connectivity index (χ1) is 14.1. The number of aromatic nitrogens is 5. The largest absolute Gasteiger partial charge is 0.348 e. The molecule has 0 aliphatic heterocycles. The number of amides is 1. The first-order valence-corrected chi connectivity index (χ1v) is 9.70. The molecule has 0 radical (unpaired) electrons. The lowest BCUT2D eigenvalue weighted by atomic mass is 9.91. The van der Waals surface area contributed by atoms with Crippen LogP contribution in [-0.4, -0.2) is 36.7 Å². The van der Waals surface area contributed by atoms with E-state index in [2.05, 4.69) is 25.4 Å². The van der Waals surface area contributed by atoms with Gasteiger partial charge in [0.05, 0.1) is 23.6 Å². The van der Waals surface area contributed by atoms with Gasteiger partial charge in [0.25, 0.3) is 11.5 Å². The molecule has 3 aromatic heterocycles. The number of pyridine rings is 1. The van der Waals surface area contributed by atoms with Crippen molar-refractivity contribution in [2.45, 2.75) is 44.7 Å². The molecule has 29 heavy (non-hydrogen) atoms. The molecule has 3 heterocycles. The van der Waals surface area contributed by atoms with Crippen LogP contribution < -0.4 is 10.9 Å². The van der Waals surface area contributed by atoms with E-state index in [1.165, 1.54) is 6.20 Å². The van der Waals surface area contributed by atoms with Crippen molar-refractivity contribution in [2.75, 3.05) is 0 Å². The summed E-state index contributed by atoms with van der Waals surface area (Å²) < 4.78 is 1.58. The van der Waals surface area contributed by atoms with E-state index < -0.39 is 0 Å². The van der Waals surface area contributed by atoms with Crippen LogP contribution in [0.15, 0.2) is 53.8 Å². The third-order valence-electron chi connectivity index (χ3n) is 5.17. The second-order valence-corrected chi connectivity index (χ2v) is 7.27. The van der Waals surface area contributed by atoms with Crippen LogP contribution in [0.1, 0.15) is 47.9 Å². The highest BCUT2D eigenvalue weighted by atomic mass is 16.2. The minimum absolute atomic E-state index is 0.0199. The quantitative estimate of drug-likeness (QED) is 0.733. The molecule has 0 spiro atoms. The van der Waals surface area contributed by atoms with Crippen molar-refractivity contribution in [1.82, 2.24) is 30.0 Å². The number of hydrogen-bond donors (Lipinski definition) is 1. The topological polar surface area (TPSA) is 103 Å². The van der Waals surface area contributed by atoms with Gasteiger partial charge in [-0.25, -0.2) is 9.67 Å². The number of nitrogens with zero attached hydrogens (tertiary/aromatic N) is 5. The van der Waals surface area contributed by atoms with E-state index in [1.807, 2.05) is 19.1 Å². The zero-order valence-electron chi connectivity index (χ0n) is 16.2. The predicted octanol–water partition coefficient (Wildman–Crippen LogP) is 2.32. The molecule has 0 unspecified atom stereocenters. The van der Waals surface area contributed by atoms with Crippen molar-refractivity contribution < 1.29 is 4.79 Å². The van der Waals surface area contributed by atoms with Gasteiger partial charge in [0, 0.05) is 36.3 Å². The first-order valence-electron chi connectivity index (χ1n) is 9.70. The Morgan fingerprint density at radius 3 is 2.59 bits per heavy atom. The van der Waals surface area contributed by atoms with Gasteiger partial charge in [-0.05, 0) is 50.8 Å². The monoisotopic (exact) mass is 390 g/mol. The summed E-state index contributed by atoms with van der Waals surface area (Å²) in [6.45, 7) is 1.83. The van der Waals surface area contributed by atoms with Gasteiger partial charge in [0.15, 0.2) is 0 Å². The molecule has 0 saturated heterocycles. The van der Waals surface area contributed by atoms with E-state index in [0.29, 0.717) is 5.69 Å². The van der Waals surface area contributed by atoms with Gasteiger partial charge in [0.1, 0.15) is 5.69 Å². The van der Waals surface area contributed by atoms with E-state index >= 15 is 0 Å². The normalized spacial score (nSPS) is 18.9. The molecule has 1 fully saturated rings. The van der Waals surface area contributed by atoms with Gasteiger partial charge >= 0.3 is 0 Å². The van der Waals surface area contributed by atoms with Crippen molar-refractivity contribution in [3.8, 4) is 11.3 Å². The van der Waals surface area contributed by atoms with Crippen LogP contribution >= 0.6 is 0 Å². The van der Waals surface area contributed by atoms with Gasteiger partial charge in [0.2, 0.25) is 0 Å². The maximum absolute atomic E-state index is 12.4. The molecule has 1 aliphatic rings. The van der Waals surface area contributed by atoms with Gasteiger partial charge in [-0.2, -0.15) is 5.10 Å². The van der Waals surface area contributed by atoms with E-state index in [-0.39, 0.29) is 23.6 Å². The molecule has 8 heteroatoms. The highest BCUT2D eigenvalue weighted by Gasteiger charge is 2.25. The Morgan fingerprint density at radius 1 is 1.07 bits per heavy atom. The lowest BCUT2D eigenvalue weighted by molar-refractivity contribution is 0.0916. The van der Waals surface area contributed by atoms with Crippen LogP contribution in [0.2, 0.25) is 0 Å². The molecule has 0 bridgehead atoms. The SMILES string of the molecule is Cc1cnc(C(=O)NC2CCC(n3nc(-c4cccnc4)ccc3=O)CC2)cn1. The summed E-state index contributed by atoms with van der Waals surface area (Å²) in [6, 6.07) is 7.12. The summed E-state index contributed by atoms with van der Waals surface area (Å²) >= 11 is 0. The number of rotatable bonds is 4. The highest BCUT2D eigenvalue weighted by Crippen LogP contribution is 2.27. The van der Waals surface area contributed by atoms with Crippen molar-refractivity contribution in [3.05, 3.63) is 70.8 Å². The summed E-state index contributed by atoms with van der Waals surface area (Å²) in [7, 11) is 0. The summed E-state index contributed by atoms with van der Waals surface area (Å²) in [5.41, 5.74) is 2.58. The van der Waals surface area contributed by atoms with Crippen LogP contribution in [0.4, 0.5) is 0 Å². The summed E-state index contributed by atoms with van der Waals surface area (Å²) in [5, 5.41) is 7.59. The zero-order valence-corrected chi connectivity index (χ0v) is 16.2. The standard InChI is InChI=1S/C21H22N6O2/c1-14-11-24-19(13-23-14)21(29)25-16-4-6-17(7-5-16)27-20(28)9-8-18(26-27)15-3-2-10-22-12-15/h2-3,8-13,16-17H,4-7H2,1H3,(H,25,29). The molecule has 148 valence electrons. The minimum atomic E-state index is -0.213. The third-order valence-corrected chi connectivity index (χ3v) is 5.17. The number of nitrogens with one attached hydrogen (secondary N) is 1. The van der Waals surface area contributed by atoms with E-state index in [4.69, 9.17) is 0 Å². The third kappa shape index (κ3) is 4.37. The minimum Gasteiger partial charge on any atom is -0.348 e. The molecule has 4 rings (SSSR count). The Hall–Kier alpha value is -3.42. The highest BCUT2D eigenvalue weighted by molar-refractivity contribution is 5.92. The van der Waals surface area contributed by atoms with Gasteiger partial charge in [-0.15, -0.1) is 0 Å². The second kappa shape index (κ2) is 8.30. The maximum atomic E-state index is 12.4. The van der Waals surface area contributed by atoms with Crippen LogP contribution in [-0.2, 0) is 0 Å². The molecule has 0 atom stereocenters. The zero-order chi connectivity index (χ0) is 20.2. The van der Waals surface area contributed by atoms with Crippen molar-refractivity contribution in [2.24, 2.45) is 0 Å². The molecule has 3 aromatic rings.